The highest BCUT2D eigenvalue weighted by atomic mass is 16.3. The summed E-state index contributed by atoms with van der Waals surface area (Å²) < 4.78 is 0. The normalized spacial score (nSPS) is 20.1. The van der Waals surface area contributed by atoms with Crippen molar-refractivity contribution in [3.63, 3.8) is 0 Å². The maximum atomic E-state index is 9.11. The molecule has 0 saturated heterocycles. The van der Waals surface area contributed by atoms with Gasteiger partial charge in [0.2, 0.25) is 0 Å². The van der Waals surface area contributed by atoms with E-state index in [2.05, 4.69) is 0 Å². The van der Waals surface area contributed by atoms with Gasteiger partial charge in [0.25, 0.3) is 0 Å². The summed E-state index contributed by atoms with van der Waals surface area (Å²) in [6.07, 6.45) is -0.0448. The van der Waals surface area contributed by atoms with Gasteiger partial charge in [0.05, 0.1) is 12.7 Å². The van der Waals surface area contributed by atoms with Crippen molar-refractivity contribution in [2.45, 2.75) is 31.5 Å². The van der Waals surface area contributed by atoms with Crippen molar-refractivity contribution >= 4 is 0 Å². The minimum atomic E-state index is -0.609. The molecule has 0 heterocycles. The van der Waals surface area contributed by atoms with Crippen LogP contribution in [0.3, 0.4) is 0 Å². The lowest BCUT2D eigenvalue weighted by Crippen LogP contribution is -2.50. The number of rotatable bonds is 4. The van der Waals surface area contributed by atoms with E-state index < -0.39 is 18.2 Å². The Balaban J connectivity index is 3.69. The van der Waals surface area contributed by atoms with Crippen molar-refractivity contribution in [3.05, 3.63) is 0 Å². The van der Waals surface area contributed by atoms with Crippen LogP contribution in [0.4, 0.5) is 0 Å². The monoisotopic (exact) mass is 148 g/mol. The van der Waals surface area contributed by atoms with Crippen LogP contribution in [0.5, 0.6) is 0 Å². The van der Waals surface area contributed by atoms with Crippen molar-refractivity contribution in [2.24, 2.45) is 11.5 Å². The summed E-state index contributed by atoms with van der Waals surface area (Å²) in [5.41, 5.74) is 10.8. The second-order valence-corrected chi connectivity index (χ2v) is 2.40. The molecule has 4 nitrogen and oxygen atoms in total. The van der Waals surface area contributed by atoms with Crippen LogP contribution in [0.25, 0.3) is 0 Å². The highest BCUT2D eigenvalue weighted by molar-refractivity contribution is 4.80. The number of hydrogen-bond acceptors (Lipinski definition) is 4. The van der Waals surface area contributed by atoms with E-state index in [0.717, 1.165) is 0 Å². The van der Waals surface area contributed by atoms with E-state index in [4.69, 9.17) is 21.7 Å². The first-order valence-electron chi connectivity index (χ1n) is 3.43. The summed E-state index contributed by atoms with van der Waals surface area (Å²) in [6, 6.07) is -1.04. The predicted molar refractivity (Wildman–Crippen MR) is 39.3 cm³/mol. The molecule has 62 valence electrons. The molecule has 2 unspecified atom stereocenters. The fourth-order valence-electron chi connectivity index (χ4n) is 0.679. The Bertz CT molecular complexity index is 79.8. The number of hydrogen-bond donors (Lipinski definition) is 4. The minimum absolute atomic E-state index is 0.182. The molecule has 4 heteroatoms. The molecule has 0 aromatic heterocycles. The van der Waals surface area contributed by atoms with Crippen molar-refractivity contribution < 1.29 is 10.2 Å². The third-order valence-electron chi connectivity index (χ3n) is 1.57. The molecule has 0 aliphatic heterocycles. The second kappa shape index (κ2) is 4.62. The number of nitrogens with two attached hydrogens (primary N) is 2. The smallest absolute Gasteiger partial charge is 0.0704 e. The number of aliphatic hydroxyl groups excluding tert-OH is 2. The summed E-state index contributed by atoms with van der Waals surface area (Å²) >= 11 is 0. The first kappa shape index (κ1) is 9.84. The summed E-state index contributed by atoms with van der Waals surface area (Å²) in [6.45, 7) is 1.63. The molecule has 6 N–H and O–H groups in total. The molecule has 0 aromatic rings. The van der Waals surface area contributed by atoms with Crippen LogP contribution in [0.15, 0.2) is 0 Å². The first-order chi connectivity index (χ1) is 4.63. The zero-order chi connectivity index (χ0) is 8.15. The Morgan fingerprint density at radius 1 is 1.40 bits per heavy atom. The Kier molecular flexibility index (Phi) is 4.55. The zero-order valence-electron chi connectivity index (χ0n) is 6.20. The Morgan fingerprint density at radius 2 is 1.90 bits per heavy atom. The first-order valence-corrected chi connectivity index (χ1v) is 3.43. The van der Waals surface area contributed by atoms with Gasteiger partial charge >= 0.3 is 0 Å². The van der Waals surface area contributed by atoms with Gasteiger partial charge in [-0.05, 0) is 6.42 Å². The lowest BCUT2D eigenvalue weighted by atomic mass is 10.0. The molecule has 0 spiro atoms. The maximum absolute atomic E-state index is 9.11. The zero-order valence-corrected chi connectivity index (χ0v) is 6.20. The van der Waals surface area contributed by atoms with Gasteiger partial charge in [-0.25, -0.2) is 0 Å². The molecule has 10 heavy (non-hydrogen) atoms. The minimum Gasteiger partial charge on any atom is -0.395 e. The van der Waals surface area contributed by atoms with Gasteiger partial charge in [-0.3, -0.25) is 0 Å². The van der Waals surface area contributed by atoms with Crippen LogP contribution in [-0.2, 0) is 0 Å². The Hall–Kier alpha value is -0.160. The maximum Gasteiger partial charge on any atom is 0.0704 e. The number of aliphatic hydroxyl groups is 2. The third kappa shape index (κ3) is 2.62. The van der Waals surface area contributed by atoms with Crippen LogP contribution in [0.2, 0.25) is 0 Å². The Morgan fingerprint density at radius 3 is 2.20 bits per heavy atom. The van der Waals surface area contributed by atoms with Crippen molar-refractivity contribution in [1.29, 1.82) is 0 Å². The molecule has 0 radical (unpaired) electrons. The predicted octanol–water partition coefficient (Wildman–Crippen LogP) is -1.60. The van der Waals surface area contributed by atoms with E-state index in [1.165, 1.54) is 0 Å². The van der Waals surface area contributed by atoms with Gasteiger partial charge in [-0.2, -0.15) is 0 Å². The van der Waals surface area contributed by atoms with E-state index in [-0.39, 0.29) is 6.61 Å². The van der Waals surface area contributed by atoms with Gasteiger partial charge in [0.1, 0.15) is 0 Å². The third-order valence-corrected chi connectivity index (χ3v) is 1.57. The van der Waals surface area contributed by atoms with Gasteiger partial charge in [0.15, 0.2) is 0 Å². The summed E-state index contributed by atoms with van der Waals surface area (Å²) in [7, 11) is 0. The van der Waals surface area contributed by atoms with Crippen molar-refractivity contribution in [3.8, 4) is 0 Å². The highest BCUT2D eigenvalue weighted by Gasteiger charge is 2.18. The molecule has 0 aromatic carbocycles. The van der Waals surface area contributed by atoms with Crippen LogP contribution < -0.4 is 11.5 Å². The van der Waals surface area contributed by atoms with Gasteiger partial charge < -0.3 is 21.7 Å². The fraction of sp³-hybridized carbons (Fsp3) is 1.00. The molecule has 0 saturated carbocycles. The SMILES string of the molecule is CC[C@@H](O)C(N)C(N)CO. The van der Waals surface area contributed by atoms with Crippen LogP contribution in [-0.4, -0.2) is 35.0 Å². The second-order valence-electron chi connectivity index (χ2n) is 2.40. The lowest BCUT2D eigenvalue weighted by Gasteiger charge is -2.21. The van der Waals surface area contributed by atoms with E-state index >= 15 is 0 Å². The van der Waals surface area contributed by atoms with Crippen LogP contribution in [0.1, 0.15) is 13.3 Å². The molecule has 0 fully saturated rings. The largest absolute Gasteiger partial charge is 0.395 e. The topological polar surface area (TPSA) is 92.5 Å². The molecular weight excluding hydrogens is 132 g/mol. The van der Waals surface area contributed by atoms with Gasteiger partial charge in [-0.1, -0.05) is 6.92 Å². The quantitative estimate of drug-likeness (QED) is 0.386. The molecule has 3 atom stereocenters. The standard InChI is InChI=1S/C6H16N2O2/c1-2-5(10)6(8)4(7)3-9/h4-6,9-10H,2-3,7-8H2,1H3/t4?,5-,6?/m1/s1. The van der Waals surface area contributed by atoms with Crippen molar-refractivity contribution in [1.82, 2.24) is 0 Å². The highest BCUT2D eigenvalue weighted by Crippen LogP contribution is 1.98. The van der Waals surface area contributed by atoms with E-state index in [1.807, 2.05) is 6.92 Å². The molecule has 0 aliphatic rings. The summed E-state index contributed by atoms with van der Waals surface area (Å²) in [4.78, 5) is 0. The van der Waals surface area contributed by atoms with Crippen LogP contribution >= 0.6 is 0 Å². The summed E-state index contributed by atoms with van der Waals surface area (Å²) in [5, 5.41) is 17.6. The van der Waals surface area contributed by atoms with Gasteiger partial charge in [-0.15, -0.1) is 0 Å². The lowest BCUT2D eigenvalue weighted by molar-refractivity contribution is 0.112. The average molecular weight is 148 g/mol. The average Bonchev–Trinajstić information content (AvgIpc) is 2.00. The van der Waals surface area contributed by atoms with E-state index in [0.29, 0.717) is 6.42 Å². The molecule has 0 aliphatic carbocycles. The molecular formula is C6H16N2O2. The van der Waals surface area contributed by atoms with Gasteiger partial charge in [0, 0.05) is 12.1 Å². The Labute approximate surface area is 60.8 Å². The van der Waals surface area contributed by atoms with Crippen LogP contribution in [0, 0.1) is 0 Å². The van der Waals surface area contributed by atoms with Crippen molar-refractivity contribution in [2.75, 3.05) is 6.61 Å². The molecule has 0 bridgehead atoms. The van der Waals surface area contributed by atoms with E-state index in [1.54, 1.807) is 0 Å². The fourth-order valence-corrected chi connectivity index (χ4v) is 0.679. The van der Waals surface area contributed by atoms with E-state index in [9.17, 15) is 0 Å². The molecule has 0 rings (SSSR count). The summed E-state index contributed by atoms with van der Waals surface area (Å²) in [5.74, 6) is 0. The molecule has 0 amide bonds.